The van der Waals surface area contributed by atoms with Gasteiger partial charge in [-0.25, -0.2) is 8.42 Å². The van der Waals surface area contributed by atoms with E-state index in [4.69, 9.17) is 9.15 Å². The molecule has 2 aliphatic heterocycles. The molecule has 0 spiro atoms. The lowest BCUT2D eigenvalue weighted by molar-refractivity contribution is -0.0720. The number of morpholine rings is 1. The van der Waals surface area contributed by atoms with Gasteiger partial charge < -0.3 is 9.15 Å². The molecule has 0 unspecified atom stereocenters. The molecule has 1 aromatic rings. The average molecular weight is 328 g/mol. The predicted octanol–water partition coefficient (Wildman–Crippen LogP) is 1.67. The van der Waals surface area contributed by atoms with Crippen LogP contribution in [0.15, 0.2) is 21.6 Å². The summed E-state index contributed by atoms with van der Waals surface area (Å²) in [5, 5.41) is 0.0683. The van der Waals surface area contributed by atoms with Gasteiger partial charge in [-0.1, -0.05) is 0 Å². The Morgan fingerprint density at radius 1 is 1.14 bits per heavy atom. The Morgan fingerprint density at radius 2 is 1.77 bits per heavy atom. The fourth-order valence-electron chi connectivity index (χ4n) is 3.27. The van der Waals surface area contributed by atoms with Crippen LogP contribution in [-0.4, -0.2) is 56.0 Å². The lowest BCUT2D eigenvalue weighted by atomic mass is 10.2. The highest BCUT2D eigenvalue weighted by Crippen LogP contribution is 2.24. The van der Waals surface area contributed by atoms with Gasteiger partial charge in [0, 0.05) is 26.2 Å². The summed E-state index contributed by atoms with van der Waals surface area (Å²) in [5.41, 5.74) is 0. The van der Waals surface area contributed by atoms with E-state index in [1.807, 2.05) is 13.8 Å². The van der Waals surface area contributed by atoms with E-state index in [0.29, 0.717) is 25.4 Å². The molecule has 0 amide bonds. The van der Waals surface area contributed by atoms with E-state index in [9.17, 15) is 8.42 Å². The van der Waals surface area contributed by atoms with Crippen molar-refractivity contribution in [3.63, 3.8) is 0 Å². The van der Waals surface area contributed by atoms with Gasteiger partial charge in [0.25, 0.3) is 10.0 Å². The van der Waals surface area contributed by atoms with Gasteiger partial charge in [-0.15, -0.1) is 0 Å². The maximum Gasteiger partial charge on any atom is 0.276 e. The van der Waals surface area contributed by atoms with Crippen molar-refractivity contribution in [2.24, 2.45) is 0 Å². The summed E-state index contributed by atoms with van der Waals surface area (Å²) >= 11 is 0. The fraction of sp³-hybridized carbons (Fsp3) is 0.733. The van der Waals surface area contributed by atoms with Crippen LogP contribution in [0.4, 0.5) is 0 Å². The van der Waals surface area contributed by atoms with Crippen molar-refractivity contribution < 1.29 is 17.6 Å². The minimum Gasteiger partial charge on any atom is -0.447 e. The molecule has 6 nitrogen and oxygen atoms in total. The lowest BCUT2D eigenvalue weighted by Crippen LogP contribution is -2.44. The molecule has 0 radical (unpaired) electrons. The molecule has 0 bridgehead atoms. The molecule has 0 N–H and O–H groups in total. The zero-order chi connectivity index (χ0) is 15.7. The molecule has 124 valence electrons. The van der Waals surface area contributed by atoms with Crippen molar-refractivity contribution in [1.29, 1.82) is 0 Å². The van der Waals surface area contributed by atoms with E-state index in [2.05, 4.69) is 4.90 Å². The van der Waals surface area contributed by atoms with Gasteiger partial charge in [0.1, 0.15) is 5.76 Å². The Labute approximate surface area is 132 Å². The smallest absolute Gasteiger partial charge is 0.276 e. The van der Waals surface area contributed by atoms with Crippen molar-refractivity contribution in [2.75, 3.05) is 26.2 Å². The van der Waals surface area contributed by atoms with Crippen LogP contribution in [0.3, 0.4) is 0 Å². The number of rotatable bonds is 4. The minimum atomic E-state index is -3.46. The highest BCUT2D eigenvalue weighted by Gasteiger charge is 2.30. The summed E-state index contributed by atoms with van der Waals surface area (Å²) in [6.07, 6.45) is 2.23. The number of hydrogen-bond acceptors (Lipinski definition) is 5. The van der Waals surface area contributed by atoms with Crippen LogP contribution in [0.25, 0.3) is 0 Å². The van der Waals surface area contributed by atoms with Gasteiger partial charge in [-0.3, -0.25) is 4.90 Å². The summed E-state index contributed by atoms with van der Waals surface area (Å²) in [5.74, 6) is 0.694. The Morgan fingerprint density at radius 3 is 2.41 bits per heavy atom. The zero-order valence-electron chi connectivity index (χ0n) is 13.2. The second kappa shape index (κ2) is 6.31. The third kappa shape index (κ3) is 3.37. The zero-order valence-corrected chi connectivity index (χ0v) is 14.0. The maximum atomic E-state index is 12.4. The molecule has 7 heteroatoms. The van der Waals surface area contributed by atoms with E-state index in [-0.39, 0.29) is 17.3 Å². The second-order valence-corrected chi connectivity index (χ2v) is 8.15. The van der Waals surface area contributed by atoms with Crippen molar-refractivity contribution in [2.45, 2.75) is 50.5 Å². The summed E-state index contributed by atoms with van der Waals surface area (Å²) < 4.78 is 37.7. The molecule has 0 aromatic carbocycles. The van der Waals surface area contributed by atoms with E-state index >= 15 is 0 Å². The van der Waals surface area contributed by atoms with Gasteiger partial charge in [0.05, 0.1) is 18.8 Å². The third-order valence-electron chi connectivity index (χ3n) is 4.17. The topological polar surface area (TPSA) is 63.0 Å². The number of furan rings is 1. The molecule has 2 saturated heterocycles. The van der Waals surface area contributed by atoms with Crippen LogP contribution < -0.4 is 0 Å². The van der Waals surface area contributed by atoms with Gasteiger partial charge in [-0.05, 0) is 38.8 Å². The molecule has 22 heavy (non-hydrogen) atoms. The highest BCUT2D eigenvalue weighted by molar-refractivity contribution is 7.89. The first-order chi connectivity index (χ1) is 10.4. The van der Waals surface area contributed by atoms with E-state index in [0.717, 1.165) is 25.9 Å². The molecule has 2 atom stereocenters. The molecule has 2 fully saturated rings. The third-order valence-corrected chi connectivity index (χ3v) is 5.94. The molecule has 3 rings (SSSR count). The van der Waals surface area contributed by atoms with Gasteiger partial charge >= 0.3 is 0 Å². The number of nitrogens with zero attached hydrogens (tertiary/aromatic N) is 2. The monoisotopic (exact) mass is 328 g/mol. The summed E-state index contributed by atoms with van der Waals surface area (Å²) in [6, 6.07) is 3.35. The predicted molar refractivity (Wildman–Crippen MR) is 82.0 cm³/mol. The molecular weight excluding hydrogens is 304 g/mol. The van der Waals surface area contributed by atoms with Crippen molar-refractivity contribution in [3.05, 3.63) is 17.9 Å². The lowest BCUT2D eigenvalue weighted by Gasteiger charge is -2.34. The number of sulfonamides is 1. The van der Waals surface area contributed by atoms with E-state index in [1.165, 1.54) is 4.31 Å². The summed E-state index contributed by atoms with van der Waals surface area (Å²) in [6.45, 7) is 7.57. The second-order valence-electron chi connectivity index (χ2n) is 6.28. The average Bonchev–Trinajstić information content (AvgIpc) is 3.08. The normalized spacial score (nSPS) is 28.3. The van der Waals surface area contributed by atoms with Crippen LogP contribution in [0.1, 0.15) is 32.4 Å². The first-order valence-corrected chi connectivity index (χ1v) is 9.36. The van der Waals surface area contributed by atoms with Crippen molar-refractivity contribution in [1.82, 2.24) is 9.21 Å². The molecular formula is C15H24N2O4S. The highest BCUT2D eigenvalue weighted by atomic mass is 32.2. The summed E-state index contributed by atoms with van der Waals surface area (Å²) in [4.78, 5) is 2.24. The molecule has 0 saturated carbocycles. The fourth-order valence-corrected chi connectivity index (χ4v) is 4.72. The molecule has 2 aliphatic rings. The standard InChI is InChI=1S/C15H24N2O4S/c1-12-9-16(10-13(2)20-12)11-14-5-6-15(21-14)22(18,19)17-7-3-4-8-17/h5-6,12-13H,3-4,7-11H2,1-2H3/t12-,13+. The van der Waals surface area contributed by atoms with E-state index < -0.39 is 10.0 Å². The Balaban J connectivity index is 1.68. The number of ether oxygens (including phenoxy) is 1. The Kier molecular flexibility index (Phi) is 4.59. The molecule has 1 aromatic heterocycles. The van der Waals surface area contributed by atoms with Crippen LogP contribution in [-0.2, 0) is 21.3 Å². The molecule has 3 heterocycles. The Bertz CT molecular complexity index is 597. The van der Waals surface area contributed by atoms with Crippen LogP contribution in [0.2, 0.25) is 0 Å². The van der Waals surface area contributed by atoms with Gasteiger partial charge in [0.2, 0.25) is 5.09 Å². The minimum absolute atomic E-state index is 0.0683. The quantitative estimate of drug-likeness (QED) is 0.841. The van der Waals surface area contributed by atoms with E-state index in [1.54, 1.807) is 12.1 Å². The first kappa shape index (κ1) is 16.0. The van der Waals surface area contributed by atoms with Gasteiger partial charge in [0.15, 0.2) is 0 Å². The van der Waals surface area contributed by atoms with Gasteiger partial charge in [-0.2, -0.15) is 4.31 Å². The SMILES string of the molecule is C[C@@H]1CN(Cc2ccc(S(=O)(=O)N3CCCC3)o2)C[C@H](C)O1. The maximum absolute atomic E-state index is 12.4. The van der Waals surface area contributed by atoms with Crippen LogP contribution in [0, 0.1) is 0 Å². The largest absolute Gasteiger partial charge is 0.447 e. The first-order valence-electron chi connectivity index (χ1n) is 7.92. The summed E-state index contributed by atoms with van der Waals surface area (Å²) in [7, 11) is -3.46. The van der Waals surface area contributed by atoms with Crippen LogP contribution >= 0.6 is 0 Å². The van der Waals surface area contributed by atoms with Crippen LogP contribution in [0.5, 0.6) is 0 Å². The number of hydrogen-bond donors (Lipinski definition) is 0. The van der Waals surface area contributed by atoms with Crippen molar-refractivity contribution >= 4 is 10.0 Å². The molecule has 0 aliphatic carbocycles. The van der Waals surface area contributed by atoms with Crippen molar-refractivity contribution in [3.8, 4) is 0 Å². The Hall–Kier alpha value is -0.890.